The summed E-state index contributed by atoms with van der Waals surface area (Å²) in [4.78, 5) is 0. The summed E-state index contributed by atoms with van der Waals surface area (Å²) in [7, 11) is 0. The van der Waals surface area contributed by atoms with Gasteiger partial charge in [-0.3, -0.25) is 0 Å². The summed E-state index contributed by atoms with van der Waals surface area (Å²) >= 11 is 0. The molecular formula is C14H19N5O. The first-order valence-corrected chi connectivity index (χ1v) is 6.83. The van der Waals surface area contributed by atoms with Crippen molar-refractivity contribution in [2.45, 2.75) is 32.2 Å². The second-order valence-corrected chi connectivity index (χ2v) is 5.66. The first-order chi connectivity index (χ1) is 9.60. The van der Waals surface area contributed by atoms with E-state index in [1.165, 1.54) is 0 Å². The summed E-state index contributed by atoms with van der Waals surface area (Å²) in [5.41, 5.74) is 8.56. The van der Waals surface area contributed by atoms with Gasteiger partial charge in [-0.2, -0.15) is 0 Å². The molecule has 20 heavy (non-hydrogen) atoms. The lowest BCUT2D eigenvalue weighted by molar-refractivity contribution is 0.00349. The third-order valence-electron chi connectivity index (χ3n) is 3.85. The van der Waals surface area contributed by atoms with Gasteiger partial charge >= 0.3 is 0 Å². The van der Waals surface area contributed by atoms with E-state index in [9.17, 15) is 0 Å². The van der Waals surface area contributed by atoms with E-state index in [1.807, 2.05) is 29.8 Å². The van der Waals surface area contributed by atoms with E-state index in [4.69, 9.17) is 10.5 Å². The zero-order valence-corrected chi connectivity index (χ0v) is 11.8. The quantitative estimate of drug-likeness (QED) is 0.843. The molecule has 1 aromatic carbocycles. The van der Waals surface area contributed by atoms with Crippen LogP contribution in [0.25, 0.3) is 11.4 Å². The first-order valence-electron chi connectivity index (χ1n) is 6.83. The van der Waals surface area contributed by atoms with Crippen LogP contribution in [0.15, 0.2) is 18.2 Å². The Bertz CT molecular complexity index is 616. The summed E-state index contributed by atoms with van der Waals surface area (Å²) in [6.45, 7) is 5.58. The summed E-state index contributed by atoms with van der Waals surface area (Å²) in [6.07, 6.45) is 2.01. The molecule has 106 valence electrons. The first kappa shape index (κ1) is 13.1. The Hall–Kier alpha value is -1.95. The monoisotopic (exact) mass is 273 g/mol. The van der Waals surface area contributed by atoms with E-state index in [0.717, 1.165) is 30.6 Å². The predicted octanol–water partition coefficient (Wildman–Crippen LogP) is 1.76. The Balaban J connectivity index is 2.08. The highest BCUT2D eigenvalue weighted by Gasteiger charge is 2.34. The van der Waals surface area contributed by atoms with Crippen molar-refractivity contribution in [3.05, 3.63) is 23.8 Å². The van der Waals surface area contributed by atoms with Crippen molar-refractivity contribution in [2.75, 3.05) is 18.9 Å². The lowest BCUT2D eigenvalue weighted by atomic mass is 9.94. The number of nitrogens with zero attached hydrogens (tertiary/aromatic N) is 4. The Kier molecular flexibility index (Phi) is 3.17. The maximum Gasteiger partial charge on any atom is 0.184 e. The largest absolute Gasteiger partial charge is 0.398 e. The summed E-state index contributed by atoms with van der Waals surface area (Å²) in [6, 6.07) is 5.90. The topological polar surface area (TPSA) is 78.9 Å². The molecule has 2 aromatic rings. The smallest absolute Gasteiger partial charge is 0.184 e. The summed E-state index contributed by atoms with van der Waals surface area (Å²) < 4.78 is 7.46. The van der Waals surface area contributed by atoms with Crippen LogP contribution in [-0.2, 0) is 10.3 Å². The molecule has 2 heterocycles. The van der Waals surface area contributed by atoms with Gasteiger partial charge in [0.25, 0.3) is 0 Å². The van der Waals surface area contributed by atoms with E-state index in [2.05, 4.69) is 22.4 Å². The van der Waals surface area contributed by atoms with E-state index in [-0.39, 0.29) is 5.54 Å². The van der Waals surface area contributed by atoms with Crippen LogP contribution in [0, 0.1) is 6.92 Å². The number of anilines is 1. The third-order valence-corrected chi connectivity index (χ3v) is 3.85. The van der Waals surface area contributed by atoms with Crippen molar-refractivity contribution in [1.29, 1.82) is 0 Å². The Labute approximate surface area is 117 Å². The van der Waals surface area contributed by atoms with Gasteiger partial charge in [0.1, 0.15) is 0 Å². The highest BCUT2D eigenvalue weighted by atomic mass is 16.5. The number of aromatic nitrogens is 4. The molecule has 1 atom stereocenters. The van der Waals surface area contributed by atoms with Gasteiger partial charge < -0.3 is 10.5 Å². The Morgan fingerprint density at radius 2 is 2.25 bits per heavy atom. The molecule has 6 nitrogen and oxygen atoms in total. The van der Waals surface area contributed by atoms with Crippen LogP contribution in [0.3, 0.4) is 0 Å². The molecule has 1 aromatic heterocycles. The van der Waals surface area contributed by atoms with Crippen molar-refractivity contribution >= 4 is 5.69 Å². The zero-order chi connectivity index (χ0) is 14.2. The molecule has 2 N–H and O–H groups in total. The molecular weight excluding hydrogens is 254 g/mol. The standard InChI is InChI=1S/C14H19N5O/c1-10-4-5-12(15)11(8-10)13-16-17-18-19(13)14(2)6-3-7-20-9-14/h4-5,8H,3,6-7,9,15H2,1-2H3. The maximum absolute atomic E-state index is 6.08. The number of tetrazole rings is 1. The molecule has 1 aliphatic heterocycles. The molecule has 3 rings (SSSR count). The van der Waals surface area contributed by atoms with Crippen molar-refractivity contribution in [1.82, 2.24) is 20.2 Å². The van der Waals surface area contributed by atoms with Crippen LogP contribution in [0.4, 0.5) is 5.69 Å². The average Bonchev–Trinajstić information content (AvgIpc) is 2.92. The lowest BCUT2D eigenvalue weighted by Crippen LogP contribution is -2.40. The number of rotatable bonds is 2. The van der Waals surface area contributed by atoms with E-state index in [0.29, 0.717) is 18.1 Å². The maximum atomic E-state index is 6.08. The van der Waals surface area contributed by atoms with Crippen molar-refractivity contribution in [2.24, 2.45) is 0 Å². The van der Waals surface area contributed by atoms with Crippen LogP contribution < -0.4 is 5.73 Å². The number of ether oxygens (including phenoxy) is 1. The van der Waals surface area contributed by atoms with Gasteiger partial charge in [0.2, 0.25) is 0 Å². The number of nitrogen functional groups attached to an aromatic ring is 1. The fourth-order valence-electron chi connectivity index (χ4n) is 2.67. The molecule has 0 aliphatic carbocycles. The molecule has 0 amide bonds. The predicted molar refractivity (Wildman–Crippen MR) is 76.1 cm³/mol. The van der Waals surface area contributed by atoms with Gasteiger partial charge in [-0.05, 0) is 49.2 Å². The molecule has 1 unspecified atom stereocenters. The van der Waals surface area contributed by atoms with E-state index in [1.54, 1.807) is 0 Å². The van der Waals surface area contributed by atoms with Crippen LogP contribution in [0.1, 0.15) is 25.3 Å². The van der Waals surface area contributed by atoms with E-state index >= 15 is 0 Å². The van der Waals surface area contributed by atoms with Gasteiger partial charge in [-0.25, -0.2) is 4.68 Å². The van der Waals surface area contributed by atoms with Crippen molar-refractivity contribution in [3.63, 3.8) is 0 Å². The summed E-state index contributed by atoms with van der Waals surface area (Å²) in [5, 5.41) is 12.2. The number of nitrogens with two attached hydrogens (primary N) is 1. The highest BCUT2D eigenvalue weighted by molar-refractivity contribution is 5.72. The van der Waals surface area contributed by atoms with Crippen molar-refractivity contribution < 1.29 is 4.74 Å². The van der Waals surface area contributed by atoms with Crippen LogP contribution in [0.2, 0.25) is 0 Å². The minimum atomic E-state index is -0.215. The minimum Gasteiger partial charge on any atom is -0.398 e. The zero-order valence-electron chi connectivity index (χ0n) is 11.8. The highest BCUT2D eigenvalue weighted by Crippen LogP contribution is 2.32. The second-order valence-electron chi connectivity index (χ2n) is 5.66. The van der Waals surface area contributed by atoms with Gasteiger partial charge in [0.05, 0.1) is 12.1 Å². The third kappa shape index (κ3) is 2.16. The second kappa shape index (κ2) is 4.86. The van der Waals surface area contributed by atoms with Crippen molar-refractivity contribution in [3.8, 4) is 11.4 Å². The molecule has 1 saturated heterocycles. The van der Waals surface area contributed by atoms with Gasteiger partial charge in [0.15, 0.2) is 5.82 Å². The van der Waals surface area contributed by atoms with Gasteiger partial charge in [-0.15, -0.1) is 5.10 Å². The molecule has 1 fully saturated rings. The normalized spacial score (nSPS) is 22.9. The fourth-order valence-corrected chi connectivity index (χ4v) is 2.67. The average molecular weight is 273 g/mol. The minimum absolute atomic E-state index is 0.215. The van der Waals surface area contributed by atoms with Crippen LogP contribution in [-0.4, -0.2) is 33.4 Å². The Morgan fingerprint density at radius 3 is 3.00 bits per heavy atom. The lowest BCUT2D eigenvalue weighted by Gasteiger charge is -2.33. The molecule has 0 saturated carbocycles. The summed E-state index contributed by atoms with van der Waals surface area (Å²) in [5.74, 6) is 0.708. The fraction of sp³-hybridized carbons (Fsp3) is 0.500. The van der Waals surface area contributed by atoms with E-state index < -0.39 is 0 Å². The van der Waals surface area contributed by atoms with Gasteiger partial charge in [0, 0.05) is 17.9 Å². The SMILES string of the molecule is Cc1ccc(N)c(-c2nnnn2C2(C)CCCOC2)c1. The number of benzene rings is 1. The Morgan fingerprint density at radius 1 is 1.40 bits per heavy atom. The van der Waals surface area contributed by atoms with Crippen LogP contribution >= 0.6 is 0 Å². The number of hydrogen-bond acceptors (Lipinski definition) is 5. The molecule has 0 bridgehead atoms. The van der Waals surface area contributed by atoms with Crippen LogP contribution in [0.5, 0.6) is 0 Å². The number of aryl methyl sites for hydroxylation is 1. The number of hydrogen-bond donors (Lipinski definition) is 1. The molecule has 0 radical (unpaired) electrons. The van der Waals surface area contributed by atoms with Gasteiger partial charge in [-0.1, -0.05) is 11.6 Å². The molecule has 1 aliphatic rings. The molecule has 6 heteroatoms. The molecule has 0 spiro atoms.